The minimum absolute atomic E-state index is 0. The second kappa shape index (κ2) is 25.5. The number of nitrogens with two attached hydrogens (primary N) is 4. The van der Waals surface area contributed by atoms with Crippen LogP contribution in [0.3, 0.4) is 0 Å². The van der Waals surface area contributed by atoms with Gasteiger partial charge in [-0.3, -0.25) is 0 Å². The molecular formula is C36H40N4O8Zr. The first-order chi connectivity index (χ1) is 22.8. The molecule has 4 aromatic carbocycles. The van der Waals surface area contributed by atoms with E-state index in [1.807, 2.05) is 121 Å². The molecule has 8 N–H and O–H groups in total. The van der Waals surface area contributed by atoms with E-state index in [-0.39, 0.29) is 26.2 Å². The van der Waals surface area contributed by atoms with Gasteiger partial charge in [-0.1, -0.05) is 121 Å². The van der Waals surface area contributed by atoms with Crippen LogP contribution in [0.2, 0.25) is 0 Å². The van der Waals surface area contributed by atoms with Gasteiger partial charge in [0.25, 0.3) is 0 Å². The van der Waals surface area contributed by atoms with Gasteiger partial charge < -0.3 is 62.5 Å². The molecule has 49 heavy (non-hydrogen) atoms. The SMILES string of the molecule is N[C@@H](Cc1ccccc1)C(=O)[O-].N[C@@H](Cc1ccccc1)C(=O)[O-].N[C@@H](Cc1ccccc1)C(=O)[O-].N[C@@H](Cc1ccccc1)C(=O)[O-].[Zr+4]. The van der Waals surface area contributed by atoms with Crippen molar-refractivity contribution < 1.29 is 65.8 Å². The van der Waals surface area contributed by atoms with Crippen molar-refractivity contribution in [1.29, 1.82) is 0 Å². The molecule has 256 valence electrons. The Morgan fingerprint density at radius 3 is 0.633 bits per heavy atom. The molecule has 0 aliphatic carbocycles. The summed E-state index contributed by atoms with van der Waals surface area (Å²) in [5.41, 5.74) is 24.8. The van der Waals surface area contributed by atoms with Crippen molar-refractivity contribution in [3.05, 3.63) is 144 Å². The third-order valence-corrected chi connectivity index (χ3v) is 6.40. The van der Waals surface area contributed by atoms with Crippen molar-refractivity contribution in [1.82, 2.24) is 0 Å². The molecule has 0 bridgehead atoms. The largest absolute Gasteiger partial charge is 4.00 e. The summed E-state index contributed by atoms with van der Waals surface area (Å²) in [7, 11) is 0. The zero-order chi connectivity index (χ0) is 35.9. The molecule has 13 heteroatoms. The molecule has 0 fully saturated rings. The molecule has 0 aliphatic heterocycles. The quantitative estimate of drug-likeness (QED) is 0.115. The summed E-state index contributed by atoms with van der Waals surface area (Å²) in [5, 5.41) is 41.1. The Morgan fingerprint density at radius 2 is 0.510 bits per heavy atom. The van der Waals surface area contributed by atoms with Crippen LogP contribution in [0.15, 0.2) is 121 Å². The molecule has 0 aliphatic rings. The van der Waals surface area contributed by atoms with Gasteiger partial charge in [-0.2, -0.15) is 0 Å². The van der Waals surface area contributed by atoms with Crippen LogP contribution in [0.4, 0.5) is 0 Å². The standard InChI is InChI=1S/4C9H11NO2.Zr/c4*10-8(9(11)12)6-7-4-2-1-3-5-7;/h4*1-5,8H,6,10H2,(H,11,12);/q;;;;+4/p-4/t4*8-;/m0000./s1. The fraction of sp³-hybridized carbons (Fsp3) is 0.222. The topological polar surface area (TPSA) is 265 Å². The van der Waals surface area contributed by atoms with Gasteiger partial charge in [0.1, 0.15) is 0 Å². The van der Waals surface area contributed by atoms with Crippen molar-refractivity contribution in [3.63, 3.8) is 0 Å². The normalized spacial score (nSPS) is 12.2. The molecule has 0 aromatic heterocycles. The maximum Gasteiger partial charge on any atom is 4.00 e. The summed E-state index contributed by atoms with van der Waals surface area (Å²) in [6.07, 6.45) is 1.29. The maximum absolute atomic E-state index is 10.3. The predicted octanol–water partition coefficient (Wildman–Crippen LogP) is -2.78. The molecule has 0 heterocycles. The zero-order valence-corrected chi connectivity index (χ0v) is 29.2. The Labute approximate surface area is 304 Å². The smallest absolute Gasteiger partial charge is 0.548 e. The van der Waals surface area contributed by atoms with Gasteiger partial charge >= 0.3 is 26.2 Å². The first-order valence-corrected chi connectivity index (χ1v) is 14.8. The van der Waals surface area contributed by atoms with Crippen LogP contribution in [0.25, 0.3) is 0 Å². The van der Waals surface area contributed by atoms with E-state index in [0.717, 1.165) is 22.3 Å². The monoisotopic (exact) mass is 746 g/mol. The van der Waals surface area contributed by atoms with Gasteiger partial charge in [0.15, 0.2) is 0 Å². The summed E-state index contributed by atoms with van der Waals surface area (Å²) in [6.45, 7) is 0. The summed E-state index contributed by atoms with van der Waals surface area (Å²) >= 11 is 0. The summed E-state index contributed by atoms with van der Waals surface area (Å²) < 4.78 is 0. The van der Waals surface area contributed by atoms with E-state index in [4.69, 9.17) is 22.9 Å². The average Bonchev–Trinajstić information content (AvgIpc) is 3.07. The molecule has 0 unspecified atom stereocenters. The van der Waals surface area contributed by atoms with Crippen LogP contribution in [-0.2, 0) is 71.1 Å². The molecule has 4 atom stereocenters. The molecule has 0 saturated heterocycles. The van der Waals surface area contributed by atoms with E-state index < -0.39 is 48.0 Å². The molecule has 4 rings (SSSR count). The molecule has 0 amide bonds. The number of aliphatic carboxylic acids is 4. The van der Waals surface area contributed by atoms with Crippen LogP contribution < -0.4 is 43.4 Å². The van der Waals surface area contributed by atoms with Gasteiger partial charge in [0, 0.05) is 24.2 Å². The van der Waals surface area contributed by atoms with Crippen molar-refractivity contribution >= 4 is 23.9 Å². The Morgan fingerprint density at radius 1 is 0.367 bits per heavy atom. The Balaban J connectivity index is 0.000000623. The van der Waals surface area contributed by atoms with Crippen LogP contribution in [-0.4, -0.2) is 48.0 Å². The van der Waals surface area contributed by atoms with Gasteiger partial charge in [0.05, 0.1) is 23.9 Å². The van der Waals surface area contributed by atoms with Crippen molar-refractivity contribution in [2.45, 2.75) is 49.9 Å². The van der Waals surface area contributed by atoms with Crippen molar-refractivity contribution in [2.24, 2.45) is 22.9 Å². The Kier molecular flexibility index (Phi) is 23.1. The molecule has 0 radical (unpaired) electrons. The van der Waals surface area contributed by atoms with Crippen LogP contribution in [0, 0.1) is 0 Å². The van der Waals surface area contributed by atoms with Gasteiger partial charge in [-0.05, 0) is 47.9 Å². The molecule has 12 nitrogen and oxygen atoms in total. The van der Waals surface area contributed by atoms with Crippen LogP contribution in [0.5, 0.6) is 0 Å². The Hall–Kier alpha value is -4.52. The van der Waals surface area contributed by atoms with Crippen molar-refractivity contribution in [3.8, 4) is 0 Å². The molecule has 0 saturated carbocycles. The summed E-state index contributed by atoms with van der Waals surface area (Å²) in [5.74, 6) is -4.84. The first-order valence-electron chi connectivity index (χ1n) is 14.8. The van der Waals surface area contributed by atoms with E-state index in [0.29, 0.717) is 25.7 Å². The molecule has 0 spiro atoms. The zero-order valence-electron chi connectivity index (χ0n) is 26.8. The number of hydrogen-bond acceptors (Lipinski definition) is 12. The number of rotatable bonds is 12. The van der Waals surface area contributed by atoms with E-state index in [1.165, 1.54) is 0 Å². The van der Waals surface area contributed by atoms with E-state index in [9.17, 15) is 39.6 Å². The third-order valence-electron chi connectivity index (χ3n) is 6.40. The fourth-order valence-corrected chi connectivity index (χ4v) is 3.81. The van der Waals surface area contributed by atoms with Gasteiger partial charge in [0.2, 0.25) is 0 Å². The number of carboxylic acid groups (broad SMARTS) is 4. The molecule has 4 aromatic rings. The number of carbonyl (C=O) groups excluding carboxylic acids is 4. The summed E-state index contributed by atoms with van der Waals surface area (Å²) in [6, 6.07) is 33.3. The fourth-order valence-electron chi connectivity index (χ4n) is 3.81. The number of carbonyl (C=O) groups is 4. The minimum Gasteiger partial charge on any atom is -0.548 e. The second-order valence-corrected chi connectivity index (χ2v) is 10.5. The van der Waals surface area contributed by atoms with Gasteiger partial charge in [-0.25, -0.2) is 0 Å². The second-order valence-electron chi connectivity index (χ2n) is 10.5. The number of hydrogen-bond donors (Lipinski definition) is 4. The Bertz CT molecular complexity index is 1270. The predicted molar refractivity (Wildman–Crippen MR) is 173 cm³/mol. The van der Waals surface area contributed by atoms with Crippen LogP contribution >= 0.6 is 0 Å². The van der Waals surface area contributed by atoms with Gasteiger partial charge in [-0.15, -0.1) is 0 Å². The average molecular weight is 748 g/mol. The third kappa shape index (κ3) is 21.1. The van der Waals surface area contributed by atoms with Crippen LogP contribution in [0.1, 0.15) is 22.3 Å². The van der Waals surface area contributed by atoms with E-state index in [2.05, 4.69) is 0 Å². The number of carboxylic acids is 4. The summed E-state index contributed by atoms with van der Waals surface area (Å²) in [4.78, 5) is 41.1. The first kappa shape index (κ1) is 44.5. The number of benzene rings is 4. The molecular weight excluding hydrogens is 708 g/mol. The maximum atomic E-state index is 10.3. The van der Waals surface area contributed by atoms with Crippen molar-refractivity contribution in [2.75, 3.05) is 0 Å². The minimum atomic E-state index is -1.21. The van der Waals surface area contributed by atoms with E-state index >= 15 is 0 Å². The van der Waals surface area contributed by atoms with E-state index in [1.54, 1.807) is 0 Å².